The summed E-state index contributed by atoms with van der Waals surface area (Å²) in [6.45, 7) is 0. The van der Waals surface area contributed by atoms with Gasteiger partial charge in [-0.15, -0.1) is 0 Å². The molecule has 0 aliphatic carbocycles. The van der Waals surface area contributed by atoms with E-state index in [1.165, 1.54) is 21.8 Å². The number of carbonyl (C=O) groups is 1. The van der Waals surface area contributed by atoms with E-state index in [-0.39, 0.29) is 6.42 Å². The summed E-state index contributed by atoms with van der Waals surface area (Å²) >= 11 is 5.64. The van der Waals surface area contributed by atoms with E-state index in [9.17, 15) is 4.79 Å². The van der Waals surface area contributed by atoms with E-state index in [0.717, 1.165) is 5.56 Å². The van der Waals surface area contributed by atoms with Gasteiger partial charge in [-0.2, -0.15) is 0 Å². The van der Waals surface area contributed by atoms with E-state index in [1.807, 2.05) is 0 Å². The predicted molar refractivity (Wildman–Crippen MR) is 98.6 cm³/mol. The number of rotatable bonds is 2. The van der Waals surface area contributed by atoms with Crippen molar-refractivity contribution in [2.45, 2.75) is 6.42 Å². The standard InChI is InChI=1S/C12H9N.C8H7ClO2/c1-3-7-11-9(5-1)10-6-2-4-8-12(10)13-11;9-7-3-1-2-6(4-7)5-8(10)11/h1-8,13H;1-4H,5H2,(H,10,11). The van der Waals surface area contributed by atoms with Crippen LogP contribution in [0, 0.1) is 0 Å². The Balaban J connectivity index is 0.000000144. The first-order valence-electron chi connectivity index (χ1n) is 7.55. The van der Waals surface area contributed by atoms with Crippen molar-refractivity contribution in [1.29, 1.82) is 0 Å². The van der Waals surface area contributed by atoms with Gasteiger partial charge in [0.05, 0.1) is 6.42 Å². The van der Waals surface area contributed by atoms with E-state index in [1.54, 1.807) is 24.3 Å². The van der Waals surface area contributed by atoms with Crippen LogP contribution in [0.5, 0.6) is 0 Å². The number of aliphatic carboxylic acids is 1. The Morgan fingerprint density at radius 1 is 0.875 bits per heavy atom. The lowest BCUT2D eigenvalue weighted by Crippen LogP contribution is -1.99. The maximum atomic E-state index is 10.2. The highest BCUT2D eigenvalue weighted by molar-refractivity contribution is 6.30. The molecule has 1 heterocycles. The molecule has 4 rings (SSSR count). The van der Waals surface area contributed by atoms with Crippen LogP contribution in [0.4, 0.5) is 0 Å². The van der Waals surface area contributed by atoms with Crippen LogP contribution in [0.15, 0.2) is 72.8 Å². The monoisotopic (exact) mass is 337 g/mol. The molecule has 24 heavy (non-hydrogen) atoms. The number of carboxylic acid groups (broad SMARTS) is 1. The Kier molecular flexibility index (Phi) is 4.82. The zero-order valence-electron chi connectivity index (χ0n) is 12.9. The van der Waals surface area contributed by atoms with Crippen molar-refractivity contribution in [2.75, 3.05) is 0 Å². The zero-order chi connectivity index (χ0) is 16.9. The minimum Gasteiger partial charge on any atom is -0.481 e. The van der Waals surface area contributed by atoms with E-state index in [4.69, 9.17) is 16.7 Å². The van der Waals surface area contributed by atoms with Crippen molar-refractivity contribution in [3.63, 3.8) is 0 Å². The Morgan fingerprint density at radius 3 is 2.00 bits per heavy atom. The number of nitrogens with one attached hydrogen (secondary N) is 1. The van der Waals surface area contributed by atoms with Gasteiger partial charge in [0.25, 0.3) is 0 Å². The Morgan fingerprint density at radius 2 is 1.46 bits per heavy atom. The number of halogens is 1. The summed E-state index contributed by atoms with van der Waals surface area (Å²) in [6.07, 6.45) is 0.0283. The molecular weight excluding hydrogens is 322 g/mol. The lowest BCUT2D eigenvalue weighted by atomic mass is 10.2. The van der Waals surface area contributed by atoms with Crippen molar-refractivity contribution < 1.29 is 9.90 Å². The van der Waals surface area contributed by atoms with E-state index in [0.29, 0.717) is 5.02 Å². The highest BCUT2D eigenvalue weighted by Crippen LogP contribution is 2.24. The van der Waals surface area contributed by atoms with Gasteiger partial charge < -0.3 is 10.1 Å². The zero-order valence-corrected chi connectivity index (χ0v) is 13.6. The Labute approximate surface area is 144 Å². The van der Waals surface area contributed by atoms with E-state index in [2.05, 4.69) is 53.5 Å². The first kappa shape index (κ1) is 16.1. The summed E-state index contributed by atoms with van der Waals surface area (Å²) in [4.78, 5) is 13.6. The fourth-order valence-corrected chi connectivity index (χ4v) is 2.83. The second kappa shape index (κ2) is 7.20. The molecule has 3 nitrogen and oxygen atoms in total. The average Bonchev–Trinajstić information content (AvgIpc) is 2.93. The number of aromatic nitrogens is 1. The molecule has 3 aromatic carbocycles. The SMILES string of the molecule is O=C(O)Cc1cccc(Cl)c1.c1ccc2c(c1)[nH]c1ccccc12. The number of para-hydroxylation sites is 2. The van der Waals surface area contributed by atoms with Gasteiger partial charge >= 0.3 is 5.97 Å². The minimum absolute atomic E-state index is 0.0283. The van der Waals surface area contributed by atoms with Crippen molar-refractivity contribution in [2.24, 2.45) is 0 Å². The van der Waals surface area contributed by atoms with E-state index >= 15 is 0 Å². The van der Waals surface area contributed by atoms with Crippen LogP contribution >= 0.6 is 11.6 Å². The smallest absolute Gasteiger partial charge is 0.307 e. The van der Waals surface area contributed by atoms with Crippen LogP contribution in [0.2, 0.25) is 5.02 Å². The molecule has 0 atom stereocenters. The molecule has 1 aromatic heterocycles. The molecule has 4 aromatic rings. The molecule has 2 N–H and O–H groups in total. The third-order valence-corrected chi connectivity index (χ3v) is 3.89. The first-order valence-corrected chi connectivity index (χ1v) is 7.93. The number of aromatic amines is 1. The quantitative estimate of drug-likeness (QED) is 0.522. The summed E-state index contributed by atoms with van der Waals surface area (Å²) in [7, 11) is 0. The van der Waals surface area contributed by atoms with Crippen LogP contribution in [0.1, 0.15) is 5.56 Å². The topological polar surface area (TPSA) is 53.1 Å². The summed E-state index contributed by atoms with van der Waals surface area (Å²) in [5.74, 6) is -0.840. The van der Waals surface area contributed by atoms with Gasteiger partial charge in [0.2, 0.25) is 0 Å². The van der Waals surface area contributed by atoms with Crippen LogP contribution in [0.3, 0.4) is 0 Å². The summed E-state index contributed by atoms with van der Waals surface area (Å²) in [6, 6.07) is 23.6. The van der Waals surface area contributed by atoms with Gasteiger partial charge in [-0.05, 0) is 29.8 Å². The third kappa shape index (κ3) is 3.76. The van der Waals surface area contributed by atoms with Crippen molar-refractivity contribution in [3.8, 4) is 0 Å². The molecule has 0 aliphatic rings. The number of fused-ring (bicyclic) bond motifs is 3. The number of hydrogen-bond acceptors (Lipinski definition) is 1. The normalized spacial score (nSPS) is 10.4. The molecule has 0 unspecified atom stereocenters. The molecule has 0 spiro atoms. The van der Waals surface area contributed by atoms with E-state index < -0.39 is 5.97 Å². The Hall–Kier alpha value is -2.78. The molecule has 0 fully saturated rings. The molecule has 0 saturated carbocycles. The molecular formula is C20H16ClNO2. The third-order valence-electron chi connectivity index (χ3n) is 3.66. The fraction of sp³-hybridized carbons (Fsp3) is 0.0500. The maximum absolute atomic E-state index is 10.2. The molecule has 0 bridgehead atoms. The number of benzene rings is 3. The maximum Gasteiger partial charge on any atom is 0.307 e. The highest BCUT2D eigenvalue weighted by Gasteiger charge is 2.00. The van der Waals surface area contributed by atoms with Crippen molar-refractivity contribution >= 4 is 39.4 Å². The number of H-pyrrole nitrogens is 1. The molecule has 0 amide bonds. The van der Waals surface area contributed by atoms with Crippen LogP contribution in [-0.2, 0) is 11.2 Å². The van der Waals surface area contributed by atoms with Crippen LogP contribution < -0.4 is 0 Å². The molecule has 4 heteroatoms. The van der Waals surface area contributed by atoms with Gasteiger partial charge in [-0.3, -0.25) is 4.79 Å². The van der Waals surface area contributed by atoms with Gasteiger partial charge in [-0.1, -0.05) is 60.1 Å². The van der Waals surface area contributed by atoms with Gasteiger partial charge in [0.1, 0.15) is 0 Å². The molecule has 0 radical (unpaired) electrons. The van der Waals surface area contributed by atoms with Crippen molar-refractivity contribution in [3.05, 3.63) is 83.4 Å². The van der Waals surface area contributed by atoms with Gasteiger partial charge in [0.15, 0.2) is 0 Å². The summed E-state index contributed by atoms with van der Waals surface area (Å²) < 4.78 is 0. The lowest BCUT2D eigenvalue weighted by Gasteiger charge is -1.95. The number of carboxylic acids is 1. The summed E-state index contributed by atoms with van der Waals surface area (Å²) in [5.41, 5.74) is 3.15. The van der Waals surface area contributed by atoms with Crippen molar-refractivity contribution in [1.82, 2.24) is 4.98 Å². The van der Waals surface area contributed by atoms with Crippen LogP contribution in [-0.4, -0.2) is 16.1 Å². The molecule has 0 saturated heterocycles. The van der Waals surface area contributed by atoms with Gasteiger partial charge in [0, 0.05) is 26.8 Å². The highest BCUT2D eigenvalue weighted by atomic mass is 35.5. The molecule has 0 aliphatic heterocycles. The predicted octanol–water partition coefficient (Wildman–Crippen LogP) is 5.29. The minimum atomic E-state index is -0.840. The lowest BCUT2D eigenvalue weighted by molar-refractivity contribution is -0.136. The largest absolute Gasteiger partial charge is 0.481 e. The average molecular weight is 338 g/mol. The second-order valence-corrected chi connectivity index (χ2v) is 5.85. The fourth-order valence-electron chi connectivity index (χ4n) is 2.62. The van der Waals surface area contributed by atoms with Crippen LogP contribution in [0.25, 0.3) is 21.8 Å². The summed E-state index contributed by atoms with van der Waals surface area (Å²) in [5, 5.41) is 11.6. The second-order valence-electron chi connectivity index (χ2n) is 5.42. The Bertz CT molecular complexity index is 941. The first-order chi connectivity index (χ1) is 11.6. The van der Waals surface area contributed by atoms with Gasteiger partial charge in [-0.25, -0.2) is 0 Å². The number of hydrogen-bond donors (Lipinski definition) is 2. The molecule has 120 valence electrons.